The van der Waals surface area contributed by atoms with E-state index in [1.165, 1.54) is 0 Å². The second-order valence-electron chi connectivity index (χ2n) is 6.57. The average Bonchev–Trinajstić information content (AvgIpc) is 2.73. The molecule has 0 spiro atoms. The number of carbonyl (C=O) groups excluding carboxylic acids is 3. The summed E-state index contributed by atoms with van der Waals surface area (Å²) in [5.74, 6) is -0.0138. The van der Waals surface area contributed by atoms with Gasteiger partial charge in [-0.1, -0.05) is 30.3 Å². The lowest BCUT2D eigenvalue weighted by molar-refractivity contribution is -0.881. The number of ether oxygens (including phenoxy) is 2. The van der Waals surface area contributed by atoms with Crippen LogP contribution >= 0.6 is 0 Å². The first-order valence-corrected chi connectivity index (χ1v) is 9.87. The normalized spacial score (nSPS) is 11.3. The fourth-order valence-corrected chi connectivity index (χ4v) is 2.67. The van der Waals surface area contributed by atoms with E-state index in [-0.39, 0.29) is 25.6 Å². The largest absolute Gasteiger partial charge is 0.489 e. The number of hydrogen-bond donors (Lipinski definition) is 3. The van der Waals surface area contributed by atoms with E-state index in [1.807, 2.05) is 37.3 Å². The number of alkyl carbamates (subject to hydrolysis) is 1. The first-order chi connectivity index (χ1) is 14.5. The van der Waals surface area contributed by atoms with Crippen molar-refractivity contribution >= 4 is 23.6 Å². The van der Waals surface area contributed by atoms with Gasteiger partial charge >= 0.3 is 6.09 Å². The Balaban J connectivity index is 1.78. The monoisotopic (exact) mass is 414 g/mol. The third kappa shape index (κ3) is 8.32. The van der Waals surface area contributed by atoms with E-state index < -0.39 is 12.0 Å². The number of likely N-dealkylation sites (N-methyl/N-ethyl adjacent to an activating group) is 1. The summed E-state index contributed by atoms with van der Waals surface area (Å²) in [6, 6.07) is 16.9. The second kappa shape index (κ2) is 12.2. The van der Waals surface area contributed by atoms with Crippen LogP contribution in [0.5, 0.6) is 5.75 Å². The second-order valence-corrected chi connectivity index (χ2v) is 6.57. The number of rotatable bonds is 10. The van der Waals surface area contributed by atoms with E-state index in [9.17, 15) is 14.4 Å². The molecule has 1 atom stereocenters. The molecule has 3 N–H and O–H groups in total. The van der Waals surface area contributed by atoms with Crippen LogP contribution < -0.4 is 20.3 Å². The van der Waals surface area contributed by atoms with Gasteiger partial charge in [0.1, 0.15) is 12.4 Å². The van der Waals surface area contributed by atoms with Gasteiger partial charge in [-0.25, -0.2) is 4.79 Å². The molecule has 0 bridgehead atoms. The highest BCUT2D eigenvalue weighted by Crippen LogP contribution is 2.17. The summed E-state index contributed by atoms with van der Waals surface area (Å²) < 4.78 is 10.4. The van der Waals surface area contributed by atoms with Crippen LogP contribution in [0.4, 0.5) is 10.5 Å². The molecule has 30 heavy (non-hydrogen) atoms. The van der Waals surface area contributed by atoms with Crippen LogP contribution in [0.2, 0.25) is 0 Å². The van der Waals surface area contributed by atoms with Crippen molar-refractivity contribution in [1.82, 2.24) is 5.32 Å². The summed E-state index contributed by atoms with van der Waals surface area (Å²) in [7, 11) is 0. The van der Waals surface area contributed by atoms with Crippen molar-refractivity contribution in [2.45, 2.75) is 20.5 Å². The molecule has 2 aromatic rings. The molecular formula is C22H28N3O5+. The molecule has 0 fully saturated rings. The zero-order valence-corrected chi connectivity index (χ0v) is 17.3. The molecular weight excluding hydrogens is 386 g/mol. The molecule has 2 rings (SSSR count). The van der Waals surface area contributed by atoms with Crippen molar-refractivity contribution in [1.29, 1.82) is 0 Å². The predicted octanol–water partition coefficient (Wildman–Crippen LogP) is 1.38. The Kier molecular flexibility index (Phi) is 9.33. The zero-order chi connectivity index (χ0) is 21.8. The highest BCUT2D eigenvalue weighted by atomic mass is 16.5. The van der Waals surface area contributed by atoms with Crippen molar-refractivity contribution < 1.29 is 28.8 Å². The van der Waals surface area contributed by atoms with E-state index in [1.54, 1.807) is 31.2 Å². The summed E-state index contributed by atoms with van der Waals surface area (Å²) in [6.45, 7) is 4.81. The van der Waals surface area contributed by atoms with Gasteiger partial charge in [0.2, 0.25) is 0 Å². The van der Waals surface area contributed by atoms with Crippen LogP contribution in [-0.4, -0.2) is 44.1 Å². The molecule has 2 aromatic carbocycles. The molecule has 3 amide bonds. The lowest BCUT2D eigenvalue weighted by Crippen LogP contribution is -3.14. The third-order valence-corrected chi connectivity index (χ3v) is 4.22. The minimum atomic E-state index is -0.781. The van der Waals surface area contributed by atoms with Crippen molar-refractivity contribution in [2.24, 2.45) is 0 Å². The summed E-state index contributed by atoms with van der Waals surface area (Å²) in [5.41, 5.74) is 1.71. The van der Waals surface area contributed by atoms with Crippen molar-refractivity contribution in [3.63, 3.8) is 0 Å². The number of benzene rings is 2. The van der Waals surface area contributed by atoms with Gasteiger partial charge in [0.15, 0.2) is 13.1 Å². The summed E-state index contributed by atoms with van der Waals surface area (Å²) in [6.07, 6.45) is -0.781. The fourth-order valence-electron chi connectivity index (χ4n) is 2.67. The number of carbonyl (C=O) groups is 3. The van der Waals surface area contributed by atoms with Gasteiger partial charge in [0.25, 0.3) is 11.8 Å². The number of hydrogen-bond acceptors (Lipinski definition) is 5. The Bertz CT molecular complexity index is 824. The van der Waals surface area contributed by atoms with Gasteiger partial charge in [-0.3, -0.25) is 14.9 Å². The van der Waals surface area contributed by atoms with Crippen LogP contribution in [0.3, 0.4) is 0 Å². The standard InChI is InChI=1S/C22H27N3O5/c1-3-25(15-21(27)24-22(28)29-4-2)14-20(26)23-18-10-12-19(13-11-18)30-16-17-8-6-5-7-9-17/h5-13H,3-4,14-16H2,1-2H3,(H,23,26)(H,24,27,28)/p+1. The average molecular weight is 414 g/mol. The fraction of sp³-hybridized carbons (Fsp3) is 0.318. The van der Waals surface area contributed by atoms with Crippen LogP contribution in [-0.2, 0) is 20.9 Å². The lowest BCUT2D eigenvalue weighted by atomic mass is 10.2. The highest BCUT2D eigenvalue weighted by molar-refractivity contribution is 5.93. The maximum atomic E-state index is 12.3. The van der Waals surface area contributed by atoms with Crippen LogP contribution in [0.15, 0.2) is 54.6 Å². The molecule has 1 unspecified atom stereocenters. The molecule has 0 aliphatic rings. The molecule has 160 valence electrons. The van der Waals surface area contributed by atoms with Gasteiger partial charge in [-0.2, -0.15) is 0 Å². The van der Waals surface area contributed by atoms with Crippen LogP contribution in [0.1, 0.15) is 19.4 Å². The Labute approximate surface area is 176 Å². The number of anilines is 1. The number of imide groups is 1. The topological polar surface area (TPSA) is 98.2 Å². The van der Waals surface area contributed by atoms with Crippen LogP contribution in [0, 0.1) is 0 Å². The first kappa shape index (κ1) is 22.9. The van der Waals surface area contributed by atoms with E-state index in [4.69, 9.17) is 4.74 Å². The Morgan fingerprint density at radius 2 is 1.57 bits per heavy atom. The highest BCUT2D eigenvalue weighted by Gasteiger charge is 2.18. The summed E-state index contributed by atoms with van der Waals surface area (Å²) in [4.78, 5) is 36.2. The molecule has 0 saturated heterocycles. The van der Waals surface area contributed by atoms with Gasteiger partial charge in [-0.15, -0.1) is 0 Å². The van der Waals surface area contributed by atoms with Gasteiger partial charge in [-0.05, 0) is 43.7 Å². The molecule has 0 heterocycles. The Morgan fingerprint density at radius 1 is 0.900 bits per heavy atom. The number of nitrogens with one attached hydrogen (secondary N) is 3. The predicted molar refractivity (Wildman–Crippen MR) is 112 cm³/mol. The minimum absolute atomic E-state index is 0.00496. The van der Waals surface area contributed by atoms with E-state index in [0.29, 0.717) is 24.6 Å². The molecule has 8 nitrogen and oxygen atoms in total. The summed E-state index contributed by atoms with van der Waals surface area (Å²) >= 11 is 0. The Morgan fingerprint density at radius 3 is 2.20 bits per heavy atom. The minimum Gasteiger partial charge on any atom is -0.489 e. The molecule has 0 radical (unpaired) electrons. The third-order valence-electron chi connectivity index (χ3n) is 4.22. The van der Waals surface area contributed by atoms with E-state index in [2.05, 4.69) is 15.4 Å². The van der Waals surface area contributed by atoms with E-state index in [0.717, 1.165) is 10.5 Å². The molecule has 0 saturated carbocycles. The molecule has 0 aromatic heterocycles. The zero-order valence-electron chi connectivity index (χ0n) is 17.3. The maximum Gasteiger partial charge on any atom is 0.414 e. The Hall–Kier alpha value is -3.39. The smallest absolute Gasteiger partial charge is 0.414 e. The van der Waals surface area contributed by atoms with Crippen molar-refractivity contribution in [3.8, 4) is 5.75 Å². The number of amides is 3. The number of quaternary nitrogens is 1. The van der Waals surface area contributed by atoms with Gasteiger partial charge in [0.05, 0.1) is 13.2 Å². The summed E-state index contributed by atoms with van der Waals surface area (Å²) in [5, 5.41) is 4.94. The quantitative estimate of drug-likeness (QED) is 0.546. The maximum absolute atomic E-state index is 12.3. The first-order valence-electron chi connectivity index (χ1n) is 9.87. The van der Waals surface area contributed by atoms with Gasteiger partial charge in [0, 0.05) is 5.69 Å². The van der Waals surface area contributed by atoms with Crippen molar-refractivity contribution in [3.05, 3.63) is 60.2 Å². The van der Waals surface area contributed by atoms with Crippen molar-refractivity contribution in [2.75, 3.05) is 31.6 Å². The SMILES string of the molecule is CCOC(=O)NC(=O)C[NH+](CC)CC(=O)Nc1ccc(OCc2ccccc2)cc1. The molecule has 8 heteroatoms. The lowest BCUT2D eigenvalue weighted by Gasteiger charge is -2.16. The molecule has 0 aliphatic carbocycles. The van der Waals surface area contributed by atoms with Gasteiger partial charge < -0.3 is 19.7 Å². The molecule has 0 aliphatic heterocycles. The van der Waals surface area contributed by atoms with Crippen LogP contribution in [0.25, 0.3) is 0 Å². The van der Waals surface area contributed by atoms with E-state index >= 15 is 0 Å².